The second-order valence-electron chi connectivity index (χ2n) is 6.00. The molecule has 0 aliphatic rings. The van der Waals surface area contributed by atoms with E-state index in [9.17, 15) is 4.79 Å². The van der Waals surface area contributed by atoms with Crippen LogP contribution in [0, 0.1) is 6.92 Å². The molecule has 0 radical (unpaired) electrons. The van der Waals surface area contributed by atoms with Crippen LogP contribution < -0.4 is 5.32 Å². The summed E-state index contributed by atoms with van der Waals surface area (Å²) in [5, 5.41) is 7.16. The van der Waals surface area contributed by atoms with Crippen LogP contribution in [0.3, 0.4) is 0 Å². The van der Waals surface area contributed by atoms with E-state index in [4.69, 9.17) is 4.42 Å². The maximum Gasteiger partial charge on any atom is 0.276 e. The third-order valence-electron chi connectivity index (χ3n) is 4.20. The maximum atomic E-state index is 12.4. The lowest BCUT2D eigenvalue weighted by atomic mass is 10.2. The molecule has 0 aliphatic carbocycles. The van der Waals surface area contributed by atoms with Gasteiger partial charge in [-0.1, -0.05) is 12.1 Å². The van der Waals surface area contributed by atoms with Crippen LogP contribution in [0.2, 0.25) is 0 Å². The number of hydrogen-bond acceptors (Lipinski definition) is 4. The zero-order valence-corrected chi connectivity index (χ0v) is 14.6. The first-order valence-electron chi connectivity index (χ1n) is 8.46. The number of benzene rings is 2. The number of aromatic nitrogens is 3. The summed E-state index contributed by atoms with van der Waals surface area (Å²) in [4.78, 5) is 16.8. The average molecular weight is 346 g/mol. The van der Waals surface area contributed by atoms with Gasteiger partial charge in [0.15, 0.2) is 11.3 Å². The summed E-state index contributed by atoms with van der Waals surface area (Å²) >= 11 is 0. The molecular formula is C20H18N4O2. The highest BCUT2D eigenvalue weighted by Crippen LogP contribution is 2.25. The highest BCUT2D eigenvalue weighted by molar-refractivity contribution is 6.03. The monoisotopic (exact) mass is 346 g/mol. The van der Waals surface area contributed by atoms with Crippen LogP contribution in [-0.4, -0.2) is 20.7 Å². The van der Waals surface area contributed by atoms with E-state index in [1.165, 1.54) is 0 Å². The van der Waals surface area contributed by atoms with E-state index in [1.807, 2.05) is 62.4 Å². The summed E-state index contributed by atoms with van der Waals surface area (Å²) in [7, 11) is 0. The number of para-hydroxylation sites is 2. The Morgan fingerprint density at radius 3 is 2.62 bits per heavy atom. The molecule has 0 aliphatic heterocycles. The van der Waals surface area contributed by atoms with Crippen LogP contribution in [0.15, 0.2) is 59.0 Å². The standard InChI is InChI=1S/C20H18N4O2/c1-3-24-13(2)12-17(23-24)19(25)21-15-10-8-14(9-11-15)20-22-16-6-4-5-7-18(16)26-20/h4-12H,3H2,1-2H3,(H,21,25). The summed E-state index contributed by atoms with van der Waals surface area (Å²) in [5.41, 5.74) is 4.49. The minimum Gasteiger partial charge on any atom is -0.436 e. The van der Waals surface area contributed by atoms with Crippen LogP contribution in [0.5, 0.6) is 0 Å². The topological polar surface area (TPSA) is 73.0 Å². The fourth-order valence-corrected chi connectivity index (χ4v) is 2.83. The normalized spacial score (nSPS) is 11.0. The Hall–Kier alpha value is -3.41. The van der Waals surface area contributed by atoms with Crippen LogP contribution in [0.4, 0.5) is 5.69 Å². The van der Waals surface area contributed by atoms with Gasteiger partial charge in [-0.15, -0.1) is 0 Å². The predicted molar refractivity (Wildman–Crippen MR) is 100 cm³/mol. The number of carbonyl (C=O) groups is 1. The summed E-state index contributed by atoms with van der Waals surface area (Å²) in [5.74, 6) is 0.330. The highest BCUT2D eigenvalue weighted by Gasteiger charge is 2.13. The van der Waals surface area contributed by atoms with E-state index in [1.54, 1.807) is 10.7 Å². The second-order valence-corrected chi connectivity index (χ2v) is 6.00. The Bertz CT molecular complexity index is 1040. The molecule has 130 valence electrons. The summed E-state index contributed by atoms with van der Waals surface area (Å²) < 4.78 is 7.56. The van der Waals surface area contributed by atoms with Crippen molar-refractivity contribution in [2.45, 2.75) is 20.4 Å². The molecule has 1 N–H and O–H groups in total. The van der Waals surface area contributed by atoms with Crippen molar-refractivity contribution < 1.29 is 9.21 Å². The van der Waals surface area contributed by atoms with Gasteiger partial charge in [-0.25, -0.2) is 4.98 Å². The Labute approximate surface area is 150 Å². The van der Waals surface area contributed by atoms with Gasteiger partial charge in [0.25, 0.3) is 5.91 Å². The van der Waals surface area contributed by atoms with Gasteiger partial charge in [0, 0.05) is 23.5 Å². The molecule has 2 heterocycles. The van der Waals surface area contributed by atoms with Crippen LogP contribution in [0.25, 0.3) is 22.6 Å². The molecule has 4 aromatic rings. The molecule has 0 spiro atoms. The van der Waals surface area contributed by atoms with Crippen LogP contribution >= 0.6 is 0 Å². The van der Waals surface area contributed by atoms with Gasteiger partial charge in [-0.3, -0.25) is 9.48 Å². The third-order valence-corrected chi connectivity index (χ3v) is 4.20. The van der Waals surface area contributed by atoms with E-state index in [-0.39, 0.29) is 5.91 Å². The average Bonchev–Trinajstić information content (AvgIpc) is 3.25. The molecule has 2 aromatic heterocycles. The number of oxazole rings is 1. The number of carbonyl (C=O) groups excluding carboxylic acids is 1. The van der Waals surface area contributed by atoms with Crippen molar-refractivity contribution in [2.24, 2.45) is 0 Å². The van der Waals surface area contributed by atoms with Crippen LogP contribution in [0.1, 0.15) is 23.1 Å². The summed E-state index contributed by atoms with van der Waals surface area (Å²) in [6.45, 7) is 4.66. The minimum absolute atomic E-state index is 0.227. The molecule has 0 unspecified atom stereocenters. The number of anilines is 1. The number of rotatable bonds is 4. The fourth-order valence-electron chi connectivity index (χ4n) is 2.83. The lowest BCUT2D eigenvalue weighted by molar-refractivity contribution is 0.102. The van der Waals surface area contributed by atoms with Crippen molar-refractivity contribution in [2.75, 3.05) is 5.32 Å². The van der Waals surface area contributed by atoms with E-state index in [0.717, 1.165) is 28.9 Å². The van der Waals surface area contributed by atoms with E-state index in [0.29, 0.717) is 17.3 Å². The maximum absolute atomic E-state index is 12.4. The molecule has 4 rings (SSSR count). The largest absolute Gasteiger partial charge is 0.436 e. The molecule has 0 atom stereocenters. The van der Waals surface area contributed by atoms with Crippen LogP contribution in [-0.2, 0) is 6.54 Å². The first kappa shape index (κ1) is 16.1. The van der Waals surface area contributed by atoms with Crippen molar-refractivity contribution in [3.63, 3.8) is 0 Å². The highest BCUT2D eigenvalue weighted by atomic mass is 16.3. The number of fused-ring (bicyclic) bond motifs is 1. The van der Waals surface area contributed by atoms with E-state index >= 15 is 0 Å². The van der Waals surface area contributed by atoms with Crippen molar-refractivity contribution >= 4 is 22.7 Å². The Kier molecular flexibility index (Phi) is 4.01. The minimum atomic E-state index is -0.227. The van der Waals surface area contributed by atoms with Crippen molar-refractivity contribution in [1.29, 1.82) is 0 Å². The predicted octanol–water partition coefficient (Wildman–Crippen LogP) is 4.27. The molecule has 2 aromatic carbocycles. The quantitative estimate of drug-likeness (QED) is 0.599. The van der Waals surface area contributed by atoms with Crippen molar-refractivity contribution in [3.8, 4) is 11.5 Å². The zero-order chi connectivity index (χ0) is 18.1. The van der Waals surface area contributed by atoms with Gasteiger partial charge in [-0.2, -0.15) is 5.10 Å². The molecule has 26 heavy (non-hydrogen) atoms. The first-order valence-corrected chi connectivity index (χ1v) is 8.46. The zero-order valence-electron chi connectivity index (χ0n) is 14.6. The van der Waals surface area contributed by atoms with E-state index < -0.39 is 0 Å². The first-order chi connectivity index (χ1) is 12.6. The molecule has 0 saturated heterocycles. The summed E-state index contributed by atoms with van der Waals surface area (Å²) in [6.07, 6.45) is 0. The lowest BCUT2D eigenvalue weighted by Crippen LogP contribution is -2.13. The SMILES string of the molecule is CCn1nc(C(=O)Nc2ccc(-c3nc4ccccc4o3)cc2)cc1C. The number of hydrogen-bond donors (Lipinski definition) is 1. The van der Waals surface area contributed by atoms with Gasteiger partial charge in [0.2, 0.25) is 5.89 Å². The Morgan fingerprint density at radius 1 is 1.15 bits per heavy atom. The molecule has 0 saturated carbocycles. The molecule has 6 nitrogen and oxygen atoms in total. The Morgan fingerprint density at radius 2 is 1.92 bits per heavy atom. The molecule has 0 bridgehead atoms. The lowest BCUT2D eigenvalue weighted by Gasteiger charge is -2.04. The number of aryl methyl sites for hydroxylation is 2. The molecule has 6 heteroatoms. The van der Waals surface area contributed by atoms with Gasteiger partial charge in [0.1, 0.15) is 5.52 Å². The number of amides is 1. The second kappa shape index (κ2) is 6.48. The van der Waals surface area contributed by atoms with Crippen molar-refractivity contribution in [1.82, 2.24) is 14.8 Å². The number of nitrogens with one attached hydrogen (secondary N) is 1. The Balaban J connectivity index is 1.52. The van der Waals surface area contributed by atoms with Gasteiger partial charge < -0.3 is 9.73 Å². The molecule has 0 fully saturated rings. The third kappa shape index (κ3) is 2.97. The van der Waals surface area contributed by atoms with E-state index in [2.05, 4.69) is 15.4 Å². The van der Waals surface area contributed by atoms with Gasteiger partial charge >= 0.3 is 0 Å². The van der Waals surface area contributed by atoms with Crippen molar-refractivity contribution in [3.05, 3.63) is 66.0 Å². The summed E-state index contributed by atoms with van der Waals surface area (Å²) in [6, 6.07) is 16.8. The smallest absolute Gasteiger partial charge is 0.276 e. The van der Waals surface area contributed by atoms with Gasteiger partial charge in [0.05, 0.1) is 0 Å². The number of nitrogens with zero attached hydrogens (tertiary/aromatic N) is 3. The molecular weight excluding hydrogens is 328 g/mol. The van der Waals surface area contributed by atoms with Gasteiger partial charge in [-0.05, 0) is 56.3 Å². The molecule has 1 amide bonds. The fraction of sp³-hybridized carbons (Fsp3) is 0.150.